The highest BCUT2D eigenvalue weighted by molar-refractivity contribution is 7.87. The summed E-state index contributed by atoms with van der Waals surface area (Å²) in [5.74, 6) is -0.601. The van der Waals surface area contributed by atoms with Gasteiger partial charge in [-0.3, -0.25) is 4.55 Å². The second-order valence-corrected chi connectivity index (χ2v) is 9.76. The van der Waals surface area contributed by atoms with E-state index in [0.29, 0.717) is 24.7 Å². The zero-order valence-corrected chi connectivity index (χ0v) is 14.9. The first-order valence-electron chi connectivity index (χ1n) is 8.49. The van der Waals surface area contributed by atoms with Crippen molar-refractivity contribution in [3.8, 4) is 0 Å². The second-order valence-electron chi connectivity index (χ2n) is 8.05. The molecule has 0 amide bonds. The third-order valence-electron chi connectivity index (χ3n) is 5.87. The topological polar surface area (TPSA) is 107 Å². The Bertz CT molecular complexity index is 635. The van der Waals surface area contributed by atoms with Gasteiger partial charge in [0.15, 0.2) is 6.61 Å². The number of carbonyl (C=O) groups excluding carboxylic acids is 2. The van der Waals surface area contributed by atoms with Gasteiger partial charge in [-0.15, -0.1) is 0 Å². The van der Waals surface area contributed by atoms with E-state index >= 15 is 0 Å². The normalized spacial score (nSPS) is 35.9. The minimum Gasteiger partial charge on any atom is -0.463 e. The number of hydrogen-bond donors (Lipinski definition) is 1. The van der Waals surface area contributed by atoms with Crippen molar-refractivity contribution >= 4 is 22.1 Å². The fourth-order valence-corrected chi connectivity index (χ4v) is 5.37. The molecule has 25 heavy (non-hydrogen) atoms. The molecule has 142 valence electrons. The van der Waals surface area contributed by atoms with Crippen LogP contribution in [-0.2, 0) is 29.2 Å². The van der Waals surface area contributed by atoms with Gasteiger partial charge in [0.1, 0.15) is 0 Å². The Morgan fingerprint density at radius 1 is 1.12 bits per heavy atom. The van der Waals surface area contributed by atoms with Gasteiger partial charge in [-0.05, 0) is 63.2 Å². The van der Waals surface area contributed by atoms with E-state index in [9.17, 15) is 22.4 Å². The summed E-state index contributed by atoms with van der Waals surface area (Å²) in [4.78, 5) is 23.2. The quantitative estimate of drug-likeness (QED) is 0.555. The Kier molecular flexibility index (Phi) is 4.60. The molecule has 4 bridgehead atoms. The summed E-state index contributed by atoms with van der Waals surface area (Å²) < 4.78 is 53.5. The van der Waals surface area contributed by atoms with Crippen LogP contribution in [0.1, 0.15) is 45.4 Å². The first-order valence-corrected chi connectivity index (χ1v) is 9.93. The van der Waals surface area contributed by atoms with Gasteiger partial charge in [0.2, 0.25) is 0 Å². The van der Waals surface area contributed by atoms with Crippen LogP contribution in [0.3, 0.4) is 0 Å². The predicted octanol–water partition coefficient (Wildman–Crippen LogP) is 1.86. The van der Waals surface area contributed by atoms with Crippen molar-refractivity contribution in [1.82, 2.24) is 0 Å². The van der Waals surface area contributed by atoms with Crippen LogP contribution in [-0.4, -0.2) is 43.1 Å². The van der Waals surface area contributed by atoms with E-state index < -0.39 is 33.7 Å². The summed E-state index contributed by atoms with van der Waals surface area (Å²) in [6.45, 7) is -0.288. The van der Waals surface area contributed by atoms with Crippen molar-refractivity contribution in [3.63, 3.8) is 0 Å². The van der Waals surface area contributed by atoms with Crippen LogP contribution in [0.4, 0.5) is 4.39 Å². The molecule has 1 unspecified atom stereocenters. The minimum atomic E-state index is -5.29. The largest absolute Gasteiger partial charge is 0.463 e. The van der Waals surface area contributed by atoms with Crippen LogP contribution >= 0.6 is 0 Å². The summed E-state index contributed by atoms with van der Waals surface area (Å²) in [6.07, 6.45) is 6.90. The average Bonchev–Trinajstić information content (AvgIpc) is 2.48. The van der Waals surface area contributed by atoms with Crippen LogP contribution in [0.5, 0.6) is 0 Å². The number of alkyl halides is 1. The second kappa shape index (κ2) is 6.19. The van der Waals surface area contributed by atoms with Gasteiger partial charge in [0.25, 0.3) is 0 Å². The Labute approximate surface area is 146 Å². The number of ether oxygens (including phenoxy) is 2. The molecule has 0 aromatic rings. The SMILES string of the molecule is CC(F)(C(=O)OCC(=O)OCC12CC3CC(CC(C3)C1)C2)S(=O)(=O)O. The molecule has 0 aromatic carbocycles. The Hall–Kier alpha value is -1.22. The molecule has 4 aliphatic rings. The maximum atomic E-state index is 13.7. The molecular weight excluding hydrogens is 355 g/mol. The Morgan fingerprint density at radius 3 is 2.04 bits per heavy atom. The fourth-order valence-electron chi connectivity index (χ4n) is 5.10. The third-order valence-corrected chi connectivity index (χ3v) is 7.01. The molecule has 0 saturated heterocycles. The molecule has 0 heterocycles. The molecule has 9 heteroatoms. The Morgan fingerprint density at radius 2 is 1.60 bits per heavy atom. The highest BCUT2D eigenvalue weighted by Gasteiger charge is 2.51. The molecule has 0 aliphatic heterocycles. The lowest BCUT2D eigenvalue weighted by molar-refractivity contribution is -0.168. The smallest absolute Gasteiger partial charge is 0.362 e. The first-order chi connectivity index (χ1) is 11.5. The summed E-state index contributed by atoms with van der Waals surface area (Å²) in [7, 11) is -5.29. The van der Waals surface area contributed by atoms with E-state index in [4.69, 9.17) is 9.29 Å². The zero-order chi connectivity index (χ0) is 18.5. The average molecular weight is 378 g/mol. The van der Waals surface area contributed by atoms with E-state index in [1.165, 1.54) is 19.3 Å². The third kappa shape index (κ3) is 3.67. The number of hydrogen-bond acceptors (Lipinski definition) is 6. The number of esters is 2. The standard InChI is InChI=1S/C16H23FO7S/c1-15(17,25(20,21)22)14(19)23-8-13(18)24-9-16-5-10-2-11(6-16)4-12(3-10)7-16/h10-12H,2-9H2,1H3,(H,20,21,22). The fraction of sp³-hybridized carbons (Fsp3) is 0.875. The van der Waals surface area contributed by atoms with Gasteiger partial charge < -0.3 is 9.47 Å². The van der Waals surface area contributed by atoms with Gasteiger partial charge in [-0.1, -0.05) is 0 Å². The maximum Gasteiger partial charge on any atom is 0.362 e. The highest BCUT2D eigenvalue weighted by Crippen LogP contribution is 2.60. The monoisotopic (exact) mass is 378 g/mol. The van der Waals surface area contributed by atoms with Crippen molar-refractivity contribution in [2.45, 2.75) is 50.4 Å². The van der Waals surface area contributed by atoms with Crippen LogP contribution in [0.25, 0.3) is 0 Å². The molecule has 4 aliphatic carbocycles. The van der Waals surface area contributed by atoms with Crippen molar-refractivity contribution in [1.29, 1.82) is 0 Å². The molecule has 0 spiro atoms. The van der Waals surface area contributed by atoms with Crippen LogP contribution in [0.2, 0.25) is 0 Å². The molecule has 4 rings (SSSR count). The number of rotatable bonds is 6. The van der Waals surface area contributed by atoms with Crippen molar-refractivity contribution in [3.05, 3.63) is 0 Å². The predicted molar refractivity (Wildman–Crippen MR) is 83.6 cm³/mol. The van der Waals surface area contributed by atoms with Crippen LogP contribution < -0.4 is 0 Å². The van der Waals surface area contributed by atoms with Crippen LogP contribution in [0, 0.1) is 23.2 Å². The molecule has 7 nitrogen and oxygen atoms in total. The lowest BCUT2D eigenvalue weighted by Crippen LogP contribution is -2.48. The molecule has 1 N–H and O–H groups in total. The lowest BCUT2D eigenvalue weighted by atomic mass is 9.50. The summed E-state index contributed by atoms with van der Waals surface area (Å²) in [5, 5.41) is -3.62. The maximum absolute atomic E-state index is 13.7. The summed E-state index contributed by atoms with van der Waals surface area (Å²) in [5.41, 5.74) is -0.00252. The van der Waals surface area contributed by atoms with Crippen LogP contribution in [0.15, 0.2) is 0 Å². The number of halogens is 1. The molecular formula is C16H23FO7S. The lowest BCUT2D eigenvalue weighted by Gasteiger charge is -2.56. The molecule has 4 saturated carbocycles. The Balaban J connectivity index is 1.48. The van der Waals surface area contributed by atoms with Crippen molar-refractivity contribution in [2.24, 2.45) is 23.2 Å². The van der Waals surface area contributed by atoms with Gasteiger partial charge in [-0.25, -0.2) is 14.0 Å². The minimum absolute atomic E-state index is 0.00252. The summed E-state index contributed by atoms with van der Waals surface area (Å²) >= 11 is 0. The molecule has 4 fully saturated rings. The van der Waals surface area contributed by atoms with E-state index in [1.807, 2.05) is 0 Å². The number of carbonyl (C=O) groups is 2. The van der Waals surface area contributed by atoms with Gasteiger partial charge in [0, 0.05) is 5.41 Å². The molecule has 0 aromatic heterocycles. The van der Waals surface area contributed by atoms with E-state index in [2.05, 4.69) is 4.74 Å². The molecule has 0 radical (unpaired) electrons. The van der Waals surface area contributed by atoms with Gasteiger partial charge in [-0.2, -0.15) is 8.42 Å². The molecule has 1 atom stereocenters. The first kappa shape index (κ1) is 18.6. The zero-order valence-electron chi connectivity index (χ0n) is 14.1. The highest BCUT2D eigenvalue weighted by atomic mass is 32.2. The van der Waals surface area contributed by atoms with Crippen molar-refractivity contribution in [2.75, 3.05) is 13.2 Å². The van der Waals surface area contributed by atoms with E-state index in [-0.39, 0.29) is 12.0 Å². The van der Waals surface area contributed by atoms with Gasteiger partial charge >= 0.3 is 27.1 Å². The van der Waals surface area contributed by atoms with E-state index in [1.54, 1.807) is 0 Å². The summed E-state index contributed by atoms with van der Waals surface area (Å²) in [6, 6.07) is 0. The van der Waals surface area contributed by atoms with Gasteiger partial charge in [0.05, 0.1) is 6.61 Å². The van der Waals surface area contributed by atoms with Crippen molar-refractivity contribution < 1.29 is 36.4 Å². The van der Waals surface area contributed by atoms with E-state index in [0.717, 1.165) is 19.3 Å².